The van der Waals surface area contributed by atoms with E-state index in [0.29, 0.717) is 0 Å². The van der Waals surface area contributed by atoms with Crippen molar-refractivity contribution in [2.75, 3.05) is 26.7 Å². The third-order valence-corrected chi connectivity index (χ3v) is 3.20. The first-order valence-electron chi connectivity index (χ1n) is 6.69. The van der Waals surface area contributed by atoms with Crippen LogP contribution in [-0.2, 0) is 4.79 Å². The summed E-state index contributed by atoms with van der Waals surface area (Å²) in [6.07, 6.45) is 4.18. The fraction of sp³-hybridized carbons (Fsp3) is 0.923. The first-order chi connectivity index (χ1) is 7.96. The molecule has 0 aliphatic heterocycles. The number of primary amides is 1. The van der Waals surface area contributed by atoms with E-state index in [4.69, 9.17) is 5.73 Å². The van der Waals surface area contributed by atoms with Crippen molar-refractivity contribution in [3.63, 3.8) is 0 Å². The molecule has 1 amide bonds. The minimum atomic E-state index is -0.573. The Balaban J connectivity index is 4.12. The second-order valence-electron chi connectivity index (χ2n) is 5.03. The molecule has 0 rings (SSSR count). The first kappa shape index (κ1) is 16.4. The molecule has 0 radical (unpaired) electrons. The molecule has 0 saturated heterocycles. The largest absolute Gasteiger partial charge is 0.368 e. The van der Waals surface area contributed by atoms with E-state index in [1.807, 2.05) is 6.92 Å². The molecule has 0 fully saturated rings. The van der Waals surface area contributed by atoms with Crippen LogP contribution in [0.1, 0.15) is 46.5 Å². The Kier molecular flexibility index (Phi) is 8.17. The highest BCUT2D eigenvalue weighted by Crippen LogP contribution is 2.10. The van der Waals surface area contributed by atoms with Gasteiger partial charge < -0.3 is 16.0 Å². The number of rotatable bonds is 10. The molecule has 1 atom stereocenters. The van der Waals surface area contributed by atoms with Gasteiger partial charge in [-0.3, -0.25) is 4.79 Å². The van der Waals surface area contributed by atoms with Crippen molar-refractivity contribution < 1.29 is 4.79 Å². The average Bonchev–Trinajstić information content (AvgIpc) is 2.30. The number of nitrogens with two attached hydrogens (primary N) is 1. The molecule has 4 nitrogen and oxygen atoms in total. The van der Waals surface area contributed by atoms with Crippen LogP contribution in [0.3, 0.4) is 0 Å². The quantitative estimate of drug-likeness (QED) is 0.609. The summed E-state index contributed by atoms with van der Waals surface area (Å²) in [7, 11) is 2.09. The van der Waals surface area contributed by atoms with Gasteiger partial charge in [-0.25, -0.2) is 0 Å². The van der Waals surface area contributed by atoms with Crippen molar-refractivity contribution in [3.05, 3.63) is 0 Å². The lowest BCUT2D eigenvalue weighted by molar-refractivity contribution is -0.124. The molecule has 17 heavy (non-hydrogen) atoms. The van der Waals surface area contributed by atoms with Crippen LogP contribution in [0.5, 0.6) is 0 Å². The third kappa shape index (κ3) is 6.64. The lowest BCUT2D eigenvalue weighted by Gasteiger charge is -2.29. The summed E-state index contributed by atoms with van der Waals surface area (Å²) in [5, 5.41) is 3.26. The Morgan fingerprint density at radius 1 is 1.29 bits per heavy atom. The molecule has 0 bridgehead atoms. The molecule has 0 aromatic heterocycles. The zero-order valence-electron chi connectivity index (χ0n) is 11.9. The minimum absolute atomic E-state index is 0.255. The summed E-state index contributed by atoms with van der Waals surface area (Å²) >= 11 is 0. The van der Waals surface area contributed by atoms with Crippen LogP contribution < -0.4 is 11.1 Å². The maximum absolute atomic E-state index is 11.5. The predicted octanol–water partition coefficient (Wildman–Crippen LogP) is 1.35. The zero-order chi connectivity index (χ0) is 13.3. The van der Waals surface area contributed by atoms with Gasteiger partial charge in [0.2, 0.25) is 5.91 Å². The minimum Gasteiger partial charge on any atom is -0.368 e. The summed E-state index contributed by atoms with van der Waals surface area (Å²) in [5.41, 5.74) is 4.91. The van der Waals surface area contributed by atoms with Gasteiger partial charge in [-0.15, -0.1) is 0 Å². The van der Waals surface area contributed by atoms with Crippen LogP contribution in [0.4, 0.5) is 0 Å². The Bertz CT molecular complexity index is 221. The molecule has 0 aliphatic carbocycles. The van der Waals surface area contributed by atoms with Crippen molar-refractivity contribution in [1.29, 1.82) is 0 Å². The SMILES string of the molecule is CCCCN(C)CCC(C)(NCCC)C(N)=O. The summed E-state index contributed by atoms with van der Waals surface area (Å²) in [6.45, 7) is 8.98. The molecular formula is C13H29N3O. The van der Waals surface area contributed by atoms with Gasteiger partial charge in [-0.1, -0.05) is 20.3 Å². The van der Waals surface area contributed by atoms with E-state index in [1.165, 1.54) is 12.8 Å². The van der Waals surface area contributed by atoms with Crippen LogP contribution >= 0.6 is 0 Å². The Labute approximate surface area is 106 Å². The van der Waals surface area contributed by atoms with E-state index >= 15 is 0 Å². The summed E-state index contributed by atoms with van der Waals surface area (Å²) in [4.78, 5) is 13.8. The second-order valence-corrected chi connectivity index (χ2v) is 5.03. The smallest absolute Gasteiger partial charge is 0.237 e. The van der Waals surface area contributed by atoms with Crippen molar-refractivity contribution in [2.24, 2.45) is 5.73 Å². The first-order valence-corrected chi connectivity index (χ1v) is 6.69. The molecule has 0 aromatic carbocycles. The fourth-order valence-electron chi connectivity index (χ4n) is 1.65. The number of carbonyl (C=O) groups is 1. The zero-order valence-corrected chi connectivity index (χ0v) is 11.9. The molecule has 102 valence electrons. The number of nitrogens with one attached hydrogen (secondary N) is 1. The predicted molar refractivity (Wildman–Crippen MR) is 72.9 cm³/mol. The monoisotopic (exact) mass is 243 g/mol. The van der Waals surface area contributed by atoms with Crippen LogP contribution in [0.2, 0.25) is 0 Å². The third-order valence-electron chi connectivity index (χ3n) is 3.20. The van der Waals surface area contributed by atoms with Gasteiger partial charge in [-0.05, 0) is 46.3 Å². The molecule has 0 spiro atoms. The lowest BCUT2D eigenvalue weighted by atomic mass is 9.96. The van der Waals surface area contributed by atoms with Crippen molar-refractivity contribution in [1.82, 2.24) is 10.2 Å². The Morgan fingerprint density at radius 2 is 1.94 bits per heavy atom. The van der Waals surface area contributed by atoms with Crippen molar-refractivity contribution in [2.45, 2.75) is 52.0 Å². The highest BCUT2D eigenvalue weighted by molar-refractivity contribution is 5.84. The van der Waals surface area contributed by atoms with Gasteiger partial charge in [-0.2, -0.15) is 0 Å². The van der Waals surface area contributed by atoms with E-state index in [2.05, 4.69) is 31.1 Å². The van der Waals surface area contributed by atoms with Crippen LogP contribution in [0, 0.1) is 0 Å². The highest BCUT2D eigenvalue weighted by Gasteiger charge is 2.29. The molecule has 0 aromatic rings. The molecule has 0 heterocycles. The average molecular weight is 243 g/mol. The van der Waals surface area contributed by atoms with Crippen molar-refractivity contribution in [3.8, 4) is 0 Å². The normalized spacial score (nSPS) is 14.9. The Morgan fingerprint density at radius 3 is 2.41 bits per heavy atom. The second kappa shape index (κ2) is 8.48. The Hall–Kier alpha value is -0.610. The molecule has 1 unspecified atom stereocenters. The molecule has 3 N–H and O–H groups in total. The van der Waals surface area contributed by atoms with E-state index in [1.54, 1.807) is 0 Å². The fourth-order valence-corrected chi connectivity index (χ4v) is 1.65. The van der Waals surface area contributed by atoms with Gasteiger partial charge in [0, 0.05) is 6.54 Å². The van der Waals surface area contributed by atoms with Crippen LogP contribution in [0.25, 0.3) is 0 Å². The van der Waals surface area contributed by atoms with Crippen LogP contribution in [0.15, 0.2) is 0 Å². The number of nitrogens with zero attached hydrogens (tertiary/aromatic N) is 1. The van der Waals surface area contributed by atoms with E-state index in [-0.39, 0.29) is 5.91 Å². The molecule has 0 saturated carbocycles. The number of hydrogen-bond donors (Lipinski definition) is 2. The summed E-state index contributed by atoms with van der Waals surface area (Å²) in [5.74, 6) is -0.255. The molecule has 4 heteroatoms. The number of carbonyl (C=O) groups excluding carboxylic acids is 1. The van der Waals surface area contributed by atoms with E-state index in [0.717, 1.165) is 32.5 Å². The van der Waals surface area contributed by atoms with Gasteiger partial charge in [0.05, 0.1) is 5.54 Å². The van der Waals surface area contributed by atoms with Gasteiger partial charge >= 0.3 is 0 Å². The topological polar surface area (TPSA) is 58.4 Å². The van der Waals surface area contributed by atoms with Gasteiger partial charge in [0.1, 0.15) is 0 Å². The standard InChI is InChI=1S/C13H29N3O/c1-5-7-10-16(4)11-8-13(3,12(14)17)15-9-6-2/h15H,5-11H2,1-4H3,(H2,14,17). The van der Waals surface area contributed by atoms with Gasteiger partial charge in [0.15, 0.2) is 0 Å². The van der Waals surface area contributed by atoms with Gasteiger partial charge in [0.25, 0.3) is 0 Å². The summed E-state index contributed by atoms with van der Waals surface area (Å²) in [6, 6.07) is 0. The maximum Gasteiger partial charge on any atom is 0.237 e. The van der Waals surface area contributed by atoms with E-state index in [9.17, 15) is 4.79 Å². The number of amides is 1. The number of unbranched alkanes of at least 4 members (excludes halogenated alkanes) is 1. The molecule has 0 aliphatic rings. The lowest BCUT2D eigenvalue weighted by Crippen LogP contribution is -2.54. The molecular weight excluding hydrogens is 214 g/mol. The van der Waals surface area contributed by atoms with E-state index < -0.39 is 5.54 Å². The van der Waals surface area contributed by atoms with Crippen molar-refractivity contribution >= 4 is 5.91 Å². The van der Waals surface area contributed by atoms with Crippen LogP contribution in [-0.4, -0.2) is 43.0 Å². The summed E-state index contributed by atoms with van der Waals surface area (Å²) < 4.78 is 0. The highest BCUT2D eigenvalue weighted by atomic mass is 16.1. The number of hydrogen-bond acceptors (Lipinski definition) is 3. The maximum atomic E-state index is 11.5.